The summed E-state index contributed by atoms with van der Waals surface area (Å²) in [5, 5.41) is 0. The second-order valence-electron chi connectivity index (χ2n) is 5.71. The number of Topliss-reactive ketones (excluding diaryl/α,β-unsaturated/α-hetero) is 2. The van der Waals surface area contributed by atoms with Crippen molar-refractivity contribution in [1.29, 1.82) is 0 Å². The van der Waals surface area contributed by atoms with Crippen LogP contribution in [0.1, 0.15) is 49.9 Å². The normalized spacial score (nSPS) is 10.7. The van der Waals surface area contributed by atoms with Crippen LogP contribution in [0.25, 0.3) is 0 Å². The highest BCUT2D eigenvalue weighted by Crippen LogP contribution is 2.26. The highest BCUT2D eigenvalue weighted by Gasteiger charge is 2.12. The summed E-state index contributed by atoms with van der Waals surface area (Å²) in [4.78, 5) is 18.9. The zero-order chi connectivity index (χ0) is 16.5. The number of benzene rings is 2. The lowest BCUT2D eigenvalue weighted by atomic mass is 9.86. The molecule has 0 fully saturated rings. The standard InChI is InChI=1S/C14H12.2C3H6O/c1-2-6-12-10-14-8-4-3-7-13(14)9-11(12)5-1;2*1-3(2)4/h1-8H,9-10H2;2*1-2H3. The van der Waals surface area contributed by atoms with Crippen LogP contribution in [0.5, 0.6) is 0 Å². The molecule has 2 aromatic carbocycles. The van der Waals surface area contributed by atoms with Crippen LogP contribution in [0.4, 0.5) is 0 Å². The van der Waals surface area contributed by atoms with E-state index in [0.29, 0.717) is 0 Å². The fraction of sp³-hybridized carbons (Fsp3) is 0.300. The second kappa shape index (κ2) is 8.93. The molecule has 0 N–H and O–H groups in total. The summed E-state index contributed by atoms with van der Waals surface area (Å²) in [5.74, 6) is 0.333. The van der Waals surface area contributed by atoms with Crippen LogP contribution >= 0.6 is 0 Å². The van der Waals surface area contributed by atoms with Gasteiger partial charge in [-0.25, -0.2) is 0 Å². The van der Waals surface area contributed by atoms with Crippen LogP contribution in [-0.4, -0.2) is 11.6 Å². The molecule has 1 aliphatic carbocycles. The second-order valence-corrected chi connectivity index (χ2v) is 5.71. The van der Waals surface area contributed by atoms with E-state index >= 15 is 0 Å². The van der Waals surface area contributed by atoms with Crippen LogP contribution in [0, 0.1) is 0 Å². The highest BCUT2D eigenvalue weighted by atomic mass is 16.1. The van der Waals surface area contributed by atoms with E-state index in [1.807, 2.05) is 0 Å². The summed E-state index contributed by atoms with van der Waals surface area (Å²) in [6.07, 6.45) is 2.21. The molecule has 0 saturated carbocycles. The van der Waals surface area contributed by atoms with Gasteiger partial charge in [0, 0.05) is 0 Å². The van der Waals surface area contributed by atoms with Gasteiger partial charge in [-0.3, -0.25) is 0 Å². The molecule has 22 heavy (non-hydrogen) atoms. The molecule has 0 radical (unpaired) electrons. The topological polar surface area (TPSA) is 34.1 Å². The van der Waals surface area contributed by atoms with Gasteiger partial charge in [0.25, 0.3) is 0 Å². The number of fused-ring (bicyclic) bond motifs is 2. The molecule has 0 amide bonds. The molecule has 0 atom stereocenters. The number of ketones is 2. The lowest BCUT2D eigenvalue weighted by Gasteiger charge is -2.18. The zero-order valence-corrected chi connectivity index (χ0v) is 13.8. The fourth-order valence-electron chi connectivity index (χ4n) is 2.22. The van der Waals surface area contributed by atoms with Crippen molar-refractivity contribution in [3.05, 3.63) is 70.8 Å². The van der Waals surface area contributed by atoms with Gasteiger partial charge in [0.15, 0.2) is 0 Å². The van der Waals surface area contributed by atoms with E-state index in [2.05, 4.69) is 48.5 Å². The average Bonchev–Trinajstić information content (AvgIpc) is 2.44. The monoisotopic (exact) mass is 296 g/mol. The Kier molecular flexibility index (Phi) is 7.24. The number of carbonyl (C=O) groups excluding carboxylic acids is 2. The first-order valence-electron chi connectivity index (χ1n) is 7.48. The van der Waals surface area contributed by atoms with Crippen LogP contribution in [0.2, 0.25) is 0 Å². The predicted octanol–water partition coefficient (Wildman–Crippen LogP) is 4.37. The predicted molar refractivity (Wildman–Crippen MR) is 91.2 cm³/mol. The maximum Gasteiger partial charge on any atom is 0.126 e. The molecule has 0 heterocycles. The van der Waals surface area contributed by atoms with Crippen molar-refractivity contribution in [2.45, 2.75) is 40.5 Å². The Balaban J connectivity index is 0.000000257. The van der Waals surface area contributed by atoms with Gasteiger partial charge >= 0.3 is 0 Å². The van der Waals surface area contributed by atoms with Crippen LogP contribution in [0.3, 0.4) is 0 Å². The van der Waals surface area contributed by atoms with E-state index in [4.69, 9.17) is 0 Å². The Hall–Kier alpha value is -2.22. The molecule has 0 spiro atoms. The minimum absolute atomic E-state index is 0.167. The van der Waals surface area contributed by atoms with Gasteiger partial charge in [0.1, 0.15) is 11.6 Å². The Labute approximate surface area is 133 Å². The summed E-state index contributed by atoms with van der Waals surface area (Å²) in [6.45, 7) is 6.11. The smallest absolute Gasteiger partial charge is 0.126 e. The number of carbonyl (C=O) groups is 2. The molecule has 2 heteroatoms. The molecule has 1 aliphatic rings. The van der Waals surface area contributed by atoms with Gasteiger partial charge in [-0.05, 0) is 62.8 Å². The van der Waals surface area contributed by atoms with Crippen molar-refractivity contribution in [1.82, 2.24) is 0 Å². The highest BCUT2D eigenvalue weighted by molar-refractivity contribution is 5.72. The minimum atomic E-state index is 0.167. The molecular weight excluding hydrogens is 272 g/mol. The largest absolute Gasteiger partial charge is 0.300 e. The maximum absolute atomic E-state index is 9.44. The molecule has 0 saturated heterocycles. The lowest BCUT2D eigenvalue weighted by Crippen LogP contribution is -2.06. The van der Waals surface area contributed by atoms with E-state index < -0.39 is 0 Å². The Morgan fingerprint density at radius 1 is 0.591 bits per heavy atom. The van der Waals surface area contributed by atoms with Crippen LogP contribution < -0.4 is 0 Å². The lowest BCUT2D eigenvalue weighted by molar-refractivity contribution is -0.115. The summed E-state index contributed by atoms with van der Waals surface area (Å²) in [7, 11) is 0. The van der Waals surface area contributed by atoms with Crippen molar-refractivity contribution in [3.63, 3.8) is 0 Å². The van der Waals surface area contributed by atoms with E-state index in [-0.39, 0.29) is 11.6 Å². The van der Waals surface area contributed by atoms with Gasteiger partial charge in [0.05, 0.1) is 0 Å². The molecule has 0 unspecified atom stereocenters. The van der Waals surface area contributed by atoms with Crippen molar-refractivity contribution < 1.29 is 9.59 Å². The number of hydrogen-bond acceptors (Lipinski definition) is 2. The van der Waals surface area contributed by atoms with Crippen molar-refractivity contribution >= 4 is 11.6 Å². The third kappa shape index (κ3) is 6.49. The molecular formula is C20H24O2. The molecule has 116 valence electrons. The number of rotatable bonds is 0. The summed E-state index contributed by atoms with van der Waals surface area (Å²) >= 11 is 0. The van der Waals surface area contributed by atoms with E-state index in [9.17, 15) is 9.59 Å². The third-order valence-electron chi connectivity index (χ3n) is 3.00. The van der Waals surface area contributed by atoms with Gasteiger partial charge in [-0.2, -0.15) is 0 Å². The van der Waals surface area contributed by atoms with Crippen molar-refractivity contribution in [2.75, 3.05) is 0 Å². The van der Waals surface area contributed by atoms with Crippen molar-refractivity contribution in [3.8, 4) is 0 Å². The molecule has 3 rings (SSSR count). The van der Waals surface area contributed by atoms with E-state index in [0.717, 1.165) is 12.8 Å². The molecule has 0 bridgehead atoms. The number of hydrogen-bond donors (Lipinski definition) is 0. The van der Waals surface area contributed by atoms with E-state index in [1.54, 1.807) is 0 Å². The van der Waals surface area contributed by atoms with Gasteiger partial charge in [-0.15, -0.1) is 0 Å². The van der Waals surface area contributed by atoms with Crippen LogP contribution in [-0.2, 0) is 22.4 Å². The molecule has 0 aliphatic heterocycles. The van der Waals surface area contributed by atoms with Crippen LogP contribution in [0.15, 0.2) is 48.5 Å². The summed E-state index contributed by atoms with van der Waals surface area (Å²) in [6, 6.07) is 17.5. The first-order valence-corrected chi connectivity index (χ1v) is 7.48. The summed E-state index contributed by atoms with van der Waals surface area (Å²) in [5.41, 5.74) is 5.97. The quantitative estimate of drug-likeness (QED) is 0.617. The first kappa shape index (κ1) is 17.8. The Morgan fingerprint density at radius 3 is 0.955 bits per heavy atom. The Morgan fingerprint density at radius 2 is 0.773 bits per heavy atom. The molecule has 2 aromatic rings. The summed E-state index contributed by atoms with van der Waals surface area (Å²) < 4.78 is 0. The van der Waals surface area contributed by atoms with Gasteiger partial charge in [-0.1, -0.05) is 48.5 Å². The molecule has 2 nitrogen and oxygen atoms in total. The first-order chi connectivity index (χ1) is 10.4. The van der Waals surface area contributed by atoms with Crippen molar-refractivity contribution in [2.24, 2.45) is 0 Å². The molecule has 0 aromatic heterocycles. The third-order valence-corrected chi connectivity index (χ3v) is 3.00. The fourth-order valence-corrected chi connectivity index (χ4v) is 2.22. The minimum Gasteiger partial charge on any atom is -0.300 e. The zero-order valence-electron chi connectivity index (χ0n) is 13.8. The SMILES string of the molecule is CC(C)=O.CC(C)=O.c1ccc2c(c1)Cc1ccccc1C2. The Bertz CT molecular complexity index is 534. The van der Waals surface area contributed by atoms with E-state index in [1.165, 1.54) is 49.9 Å². The maximum atomic E-state index is 9.44. The van der Waals surface area contributed by atoms with Gasteiger partial charge in [0.2, 0.25) is 0 Å². The van der Waals surface area contributed by atoms with Gasteiger partial charge < -0.3 is 9.59 Å². The average molecular weight is 296 g/mol.